The Morgan fingerprint density at radius 1 is 1.12 bits per heavy atom. The summed E-state index contributed by atoms with van der Waals surface area (Å²) in [5, 5.41) is 10.3. The highest BCUT2D eigenvalue weighted by molar-refractivity contribution is 9.10. The molecule has 0 amide bonds. The van der Waals surface area contributed by atoms with Crippen molar-refractivity contribution < 1.29 is 9.50 Å². The van der Waals surface area contributed by atoms with E-state index in [0.29, 0.717) is 5.56 Å². The second kappa shape index (κ2) is 4.98. The molecule has 2 aromatic carbocycles. The summed E-state index contributed by atoms with van der Waals surface area (Å²) in [7, 11) is 0. The standard InChI is InChI=1S/C14H12BrFO/c1-9-6-7-10(16)8-12(9)14(17)11-4-2-3-5-13(11)15/h2-8,14,17H,1H3/t14-/m1/s1. The molecule has 2 rings (SSSR count). The highest BCUT2D eigenvalue weighted by Crippen LogP contribution is 2.30. The summed E-state index contributed by atoms with van der Waals surface area (Å²) in [5.41, 5.74) is 2.20. The first-order valence-electron chi connectivity index (χ1n) is 5.28. The normalized spacial score (nSPS) is 12.5. The van der Waals surface area contributed by atoms with Gasteiger partial charge in [0.2, 0.25) is 0 Å². The van der Waals surface area contributed by atoms with Crippen LogP contribution >= 0.6 is 15.9 Å². The zero-order chi connectivity index (χ0) is 12.4. The van der Waals surface area contributed by atoms with Gasteiger partial charge in [-0.1, -0.05) is 40.2 Å². The van der Waals surface area contributed by atoms with Crippen LogP contribution in [0.25, 0.3) is 0 Å². The number of benzene rings is 2. The molecule has 0 aliphatic heterocycles. The second-order valence-corrected chi connectivity index (χ2v) is 4.78. The highest BCUT2D eigenvalue weighted by Gasteiger charge is 2.15. The Hall–Kier alpha value is -1.19. The molecule has 0 spiro atoms. The van der Waals surface area contributed by atoms with Crippen LogP contribution in [0.5, 0.6) is 0 Å². The van der Waals surface area contributed by atoms with Gasteiger partial charge in [0.05, 0.1) is 0 Å². The van der Waals surface area contributed by atoms with Gasteiger partial charge in [0.1, 0.15) is 11.9 Å². The summed E-state index contributed by atoms with van der Waals surface area (Å²) in [6.07, 6.45) is -0.818. The monoisotopic (exact) mass is 294 g/mol. The van der Waals surface area contributed by atoms with Gasteiger partial charge in [-0.25, -0.2) is 4.39 Å². The van der Waals surface area contributed by atoms with Crippen LogP contribution in [-0.4, -0.2) is 5.11 Å². The number of halogens is 2. The van der Waals surface area contributed by atoms with Crippen molar-refractivity contribution in [2.45, 2.75) is 13.0 Å². The van der Waals surface area contributed by atoms with E-state index in [9.17, 15) is 9.50 Å². The summed E-state index contributed by atoms with van der Waals surface area (Å²) in [5.74, 6) is -0.336. The maximum atomic E-state index is 13.2. The number of rotatable bonds is 2. The van der Waals surface area contributed by atoms with Crippen molar-refractivity contribution in [3.63, 3.8) is 0 Å². The number of aryl methyl sites for hydroxylation is 1. The summed E-state index contributed by atoms with van der Waals surface area (Å²) < 4.78 is 14.0. The zero-order valence-electron chi connectivity index (χ0n) is 9.32. The molecular weight excluding hydrogens is 283 g/mol. The first-order chi connectivity index (χ1) is 8.09. The molecule has 0 bridgehead atoms. The van der Waals surface area contributed by atoms with Crippen LogP contribution in [0.15, 0.2) is 46.9 Å². The SMILES string of the molecule is Cc1ccc(F)cc1[C@H](O)c1ccccc1Br. The van der Waals surface area contributed by atoms with Gasteiger partial charge in [-0.15, -0.1) is 0 Å². The highest BCUT2D eigenvalue weighted by atomic mass is 79.9. The van der Waals surface area contributed by atoms with E-state index in [4.69, 9.17) is 0 Å². The van der Waals surface area contributed by atoms with Crippen LogP contribution in [0.4, 0.5) is 4.39 Å². The molecule has 88 valence electrons. The van der Waals surface area contributed by atoms with E-state index in [0.717, 1.165) is 15.6 Å². The number of aliphatic hydroxyl groups is 1. The summed E-state index contributed by atoms with van der Waals surface area (Å²) in [4.78, 5) is 0. The van der Waals surface area contributed by atoms with Gasteiger partial charge in [0.25, 0.3) is 0 Å². The third-order valence-electron chi connectivity index (χ3n) is 2.74. The van der Waals surface area contributed by atoms with E-state index in [-0.39, 0.29) is 5.82 Å². The minimum atomic E-state index is -0.818. The van der Waals surface area contributed by atoms with Gasteiger partial charge in [0, 0.05) is 4.47 Å². The summed E-state index contributed by atoms with van der Waals surface area (Å²) in [6, 6.07) is 11.8. The Labute approximate surface area is 108 Å². The Kier molecular flexibility index (Phi) is 3.60. The Morgan fingerprint density at radius 3 is 2.53 bits per heavy atom. The van der Waals surface area contributed by atoms with Crippen LogP contribution < -0.4 is 0 Å². The zero-order valence-corrected chi connectivity index (χ0v) is 10.9. The average molecular weight is 295 g/mol. The van der Waals surface area contributed by atoms with Gasteiger partial charge in [-0.05, 0) is 41.8 Å². The first-order valence-corrected chi connectivity index (χ1v) is 6.07. The van der Waals surface area contributed by atoms with Gasteiger partial charge in [0.15, 0.2) is 0 Å². The Balaban J connectivity index is 2.47. The molecule has 1 atom stereocenters. The number of aliphatic hydroxyl groups excluding tert-OH is 1. The van der Waals surface area contributed by atoms with Gasteiger partial charge in [-0.2, -0.15) is 0 Å². The molecule has 0 aliphatic carbocycles. The Morgan fingerprint density at radius 2 is 1.82 bits per heavy atom. The molecule has 1 N–H and O–H groups in total. The topological polar surface area (TPSA) is 20.2 Å². The van der Waals surface area contributed by atoms with Crippen molar-refractivity contribution in [1.82, 2.24) is 0 Å². The third-order valence-corrected chi connectivity index (χ3v) is 3.46. The maximum Gasteiger partial charge on any atom is 0.123 e. The fourth-order valence-electron chi connectivity index (χ4n) is 1.77. The molecule has 0 unspecified atom stereocenters. The van der Waals surface area contributed by atoms with E-state index in [2.05, 4.69) is 15.9 Å². The first kappa shape index (κ1) is 12.3. The van der Waals surface area contributed by atoms with Crippen LogP contribution in [0.2, 0.25) is 0 Å². The summed E-state index contributed by atoms with van der Waals surface area (Å²) in [6.45, 7) is 1.86. The van der Waals surface area contributed by atoms with Crippen molar-refractivity contribution in [3.8, 4) is 0 Å². The fraction of sp³-hybridized carbons (Fsp3) is 0.143. The largest absolute Gasteiger partial charge is 0.384 e. The molecule has 0 radical (unpaired) electrons. The molecule has 0 saturated heterocycles. The van der Waals surface area contributed by atoms with Gasteiger partial charge >= 0.3 is 0 Å². The lowest BCUT2D eigenvalue weighted by Gasteiger charge is -2.15. The van der Waals surface area contributed by atoms with Crippen molar-refractivity contribution in [3.05, 3.63) is 69.4 Å². The second-order valence-electron chi connectivity index (χ2n) is 3.92. The molecule has 0 aliphatic rings. The Bertz CT molecular complexity index is 539. The smallest absolute Gasteiger partial charge is 0.123 e. The molecule has 2 aromatic rings. The van der Waals surface area contributed by atoms with Crippen molar-refractivity contribution >= 4 is 15.9 Å². The molecule has 0 fully saturated rings. The van der Waals surface area contributed by atoms with Gasteiger partial charge in [-0.3, -0.25) is 0 Å². The van der Waals surface area contributed by atoms with Crippen LogP contribution in [0.3, 0.4) is 0 Å². The minimum absolute atomic E-state index is 0.336. The average Bonchev–Trinajstić information content (AvgIpc) is 2.32. The molecule has 0 aromatic heterocycles. The van der Waals surface area contributed by atoms with Crippen LogP contribution in [0, 0.1) is 12.7 Å². The van der Waals surface area contributed by atoms with E-state index >= 15 is 0 Å². The maximum absolute atomic E-state index is 13.2. The van der Waals surface area contributed by atoms with E-state index in [1.54, 1.807) is 6.07 Å². The van der Waals surface area contributed by atoms with Crippen molar-refractivity contribution in [2.24, 2.45) is 0 Å². The lowest BCUT2D eigenvalue weighted by Crippen LogP contribution is -2.03. The molecule has 3 heteroatoms. The predicted molar refractivity (Wildman–Crippen MR) is 69.3 cm³/mol. The van der Waals surface area contributed by atoms with Gasteiger partial charge < -0.3 is 5.11 Å². The van der Waals surface area contributed by atoms with Crippen LogP contribution in [-0.2, 0) is 0 Å². The fourth-order valence-corrected chi connectivity index (χ4v) is 2.27. The predicted octanol–water partition coefficient (Wildman–Crippen LogP) is 3.98. The van der Waals surface area contributed by atoms with E-state index in [1.165, 1.54) is 12.1 Å². The molecule has 0 heterocycles. The molecular formula is C14H12BrFO. The van der Waals surface area contributed by atoms with Crippen molar-refractivity contribution in [1.29, 1.82) is 0 Å². The van der Waals surface area contributed by atoms with Crippen LogP contribution in [0.1, 0.15) is 22.8 Å². The van der Waals surface area contributed by atoms with E-state index < -0.39 is 6.10 Å². The van der Waals surface area contributed by atoms with Crippen molar-refractivity contribution in [2.75, 3.05) is 0 Å². The lowest BCUT2D eigenvalue weighted by atomic mass is 9.97. The lowest BCUT2D eigenvalue weighted by molar-refractivity contribution is 0.218. The van der Waals surface area contributed by atoms with E-state index in [1.807, 2.05) is 31.2 Å². The quantitative estimate of drug-likeness (QED) is 0.888. The molecule has 1 nitrogen and oxygen atoms in total. The molecule has 0 saturated carbocycles. The third kappa shape index (κ3) is 2.56. The summed E-state index contributed by atoms with van der Waals surface area (Å²) >= 11 is 3.38. The molecule has 17 heavy (non-hydrogen) atoms. The number of hydrogen-bond acceptors (Lipinski definition) is 1. The minimum Gasteiger partial charge on any atom is -0.384 e. The number of hydrogen-bond donors (Lipinski definition) is 1.